The van der Waals surface area contributed by atoms with Crippen LogP contribution in [0.25, 0.3) is 11.4 Å². The van der Waals surface area contributed by atoms with Gasteiger partial charge < -0.3 is 4.74 Å². The Hall–Kier alpha value is -2.52. The van der Waals surface area contributed by atoms with E-state index >= 15 is 0 Å². The Morgan fingerprint density at radius 2 is 1.90 bits per heavy atom. The van der Waals surface area contributed by atoms with E-state index in [9.17, 15) is 13.2 Å². The number of aromatic nitrogens is 3. The number of hydrogen-bond acceptors (Lipinski definition) is 5. The van der Waals surface area contributed by atoms with Gasteiger partial charge in [0.05, 0.1) is 18.4 Å². The van der Waals surface area contributed by atoms with Crippen LogP contribution < -0.4 is 4.74 Å². The van der Waals surface area contributed by atoms with E-state index in [-0.39, 0.29) is 0 Å². The van der Waals surface area contributed by atoms with E-state index in [1.54, 1.807) is 19.5 Å². The van der Waals surface area contributed by atoms with E-state index in [1.165, 1.54) is 12.1 Å². The maximum absolute atomic E-state index is 12.8. The molecule has 0 atom stereocenters. The minimum Gasteiger partial charge on any atom is -0.481 e. The van der Waals surface area contributed by atoms with Crippen molar-refractivity contribution in [1.82, 2.24) is 19.9 Å². The summed E-state index contributed by atoms with van der Waals surface area (Å²) in [5.41, 5.74) is 2.77. The maximum Gasteiger partial charge on any atom is 0.416 e. The van der Waals surface area contributed by atoms with Crippen molar-refractivity contribution in [3.63, 3.8) is 0 Å². The Bertz CT molecular complexity index is 1060. The lowest BCUT2D eigenvalue weighted by Gasteiger charge is -2.28. The molecule has 3 aromatic rings. The maximum atomic E-state index is 12.8. The number of halogens is 4. The molecule has 0 unspecified atom stereocenters. The van der Waals surface area contributed by atoms with Crippen LogP contribution in [0.2, 0.25) is 0 Å². The number of fused-ring (bicyclic) bond motifs is 1. The van der Waals surface area contributed by atoms with Gasteiger partial charge in [0.15, 0.2) is 5.82 Å². The Balaban J connectivity index is 1.55. The molecule has 0 bridgehead atoms. The van der Waals surface area contributed by atoms with Crippen LogP contribution in [0.5, 0.6) is 5.88 Å². The van der Waals surface area contributed by atoms with Gasteiger partial charge in [0.2, 0.25) is 5.88 Å². The van der Waals surface area contributed by atoms with Gasteiger partial charge in [0, 0.05) is 47.6 Å². The molecule has 0 amide bonds. The molecule has 2 aromatic heterocycles. The lowest BCUT2D eigenvalue weighted by atomic mass is 10.1. The molecule has 0 saturated heterocycles. The van der Waals surface area contributed by atoms with Gasteiger partial charge in [-0.05, 0) is 46.1 Å². The highest BCUT2D eigenvalue weighted by Crippen LogP contribution is 2.31. The van der Waals surface area contributed by atoms with Crippen LogP contribution in [0.3, 0.4) is 0 Å². The quantitative estimate of drug-likeness (QED) is 0.534. The molecule has 1 aliphatic heterocycles. The van der Waals surface area contributed by atoms with Crippen molar-refractivity contribution in [2.24, 2.45) is 0 Å². The molecule has 30 heavy (non-hydrogen) atoms. The summed E-state index contributed by atoms with van der Waals surface area (Å²) in [4.78, 5) is 15.5. The standard InChI is InChI=1S/C21H18BrF3N4O/c1-30-20-15(8-17(22)10-27-20)11-29-7-6-14-9-26-19(28-18(14)12-29)13-2-4-16(5-3-13)21(23,24)25/h2-5,8-10H,6-7,11-12H2,1H3. The van der Waals surface area contributed by atoms with Crippen molar-refractivity contribution < 1.29 is 17.9 Å². The summed E-state index contributed by atoms with van der Waals surface area (Å²) in [5, 5.41) is 0. The van der Waals surface area contributed by atoms with E-state index in [2.05, 4.69) is 35.8 Å². The molecule has 1 aliphatic rings. The molecule has 1 aromatic carbocycles. The molecule has 0 fully saturated rings. The summed E-state index contributed by atoms with van der Waals surface area (Å²) < 4.78 is 44.6. The zero-order chi connectivity index (χ0) is 21.3. The SMILES string of the molecule is COc1ncc(Br)cc1CN1CCc2cnc(-c3ccc(C(F)(F)F)cc3)nc2C1. The lowest BCUT2D eigenvalue weighted by molar-refractivity contribution is -0.137. The van der Waals surface area contributed by atoms with E-state index in [1.807, 2.05) is 6.07 Å². The van der Waals surface area contributed by atoms with Crippen molar-refractivity contribution in [2.75, 3.05) is 13.7 Å². The van der Waals surface area contributed by atoms with Crippen molar-refractivity contribution >= 4 is 15.9 Å². The smallest absolute Gasteiger partial charge is 0.416 e. The first kappa shape index (κ1) is 20.7. The number of methoxy groups -OCH3 is 1. The van der Waals surface area contributed by atoms with E-state index < -0.39 is 11.7 Å². The summed E-state index contributed by atoms with van der Waals surface area (Å²) >= 11 is 3.44. The molecule has 5 nitrogen and oxygen atoms in total. The predicted octanol–water partition coefficient (Wildman–Crippen LogP) is 4.89. The van der Waals surface area contributed by atoms with Crippen LogP contribution in [0, 0.1) is 0 Å². The summed E-state index contributed by atoms with van der Waals surface area (Å²) in [5.74, 6) is 1.00. The van der Waals surface area contributed by atoms with E-state index in [0.717, 1.165) is 46.4 Å². The molecule has 0 saturated carbocycles. The minimum absolute atomic E-state index is 0.422. The summed E-state index contributed by atoms with van der Waals surface area (Å²) in [6.45, 7) is 2.10. The van der Waals surface area contributed by atoms with Gasteiger partial charge in [0.1, 0.15) is 0 Å². The average molecular weight is 479 g/mol. The Kier molecular flexibility index (Phi) is 5.75. The first-order valence-electron chi connectivity index (χ1n) is 9.26. The summed E-state index contributed by atoms with van der Waals surface area (Å²) in [6.07, 6.45) is -0.101. The van der Waals surface area contributed by atoms with Gasteiger partial charge in [-0.1, -0.05) is 12.1 Å². The lowest BCUT2D eigenvalue weighted by Crippen LogP contribution is -2.31. The van der Waals surface area contributed by atoms with Crippen LogP contribution in [-0.2, 0) is 25.7 Å². The van der Waals surface area contributed by atoms with Gasteiger partial charge in [-0.25, -0.2) is 15.0 Å². The molecule has 9 heteroatoms. The van der Waals surface area contributed by atoms with Crippen molar-refractivity contribution in [3.8, 4) is 17.3 Å². The highest BCUT2D eigenvalue weighted by molar-refractivity contribution is 9.10. The van der Waals surface area contributed by atoms with E-state index in [4.69, 9.17) is 4.74 Å². The third-order valence-corrected chi connectivity index (χ3v) is 5.41. The van der Waals surface area contributed by atoms with E-state index in [0.29, 0.717) is 30.4 Å². The fourth-order valence-corrected chi connectivity index (χ4v) is 3.82. The number of nitrogens with zero attached hydrogens (tertiary/aromatic N) is 4. The first-order chi connectivity index (χ1) is 14.3. The van der Waals surface area contributed by atoms with Crippen LogP contribution in [0.15, 0.2) is 47.2 Å². The number of ether oxygens (including phenoxy) is 1. The Morgan fingerprint density at radius 3 is 2.60 bits per heavy atom. The zero-order valence-corrected chi connectivity index (χ0v) is 17.7. The number of hydrogen-bond donors (Lipinski definition) is 0. The van der Waals surface area contributed by atoms with Gasteiger partial charge in [0.25, 0.3) is 0 Å². The Morgan fingerprint density at radius 1 is 1.13 bits per heavy atom. The number of rotatable bonds is 4. The van der Waals surface area contributed by atoms with Crippen molar-refractivity contribution in [1.29, 1.82) is 0 Å². The molecule has 156 valence electrons. The summed E-state index contributed by atoms with van der Waals surface area (Å²) in [6, 6.07) is 6.90. The highest BCUT2D eigenvalue weighted by atomic mass is 79.9. The first-order valence-corrected chi connectivity index (χ1v) is 10.1. The third kappa shape index (κ3) is 4.46. The predicted molar refractivity (Wildman–Crippen MR) is 109 cm³/mol. The molecule has 4 rings (SSSR count). The van der Waals surface area contributed by atoms with Gasteiger partial charge in [-0.3, -0.25) is 4.90 Å². The second-order valence-corrected chi connectivity index (χ2v) is 7.94. The minimum atomic E-state index is -4.36. The molecule has 0 N–H and O–H groups in total. The Labute approximate surface area is 180 Å². The molecule has 3 heterocycles. The van der Waals surface area contributed by atoms with Crippen LogP contribution >= 0.6 is 15.9 Å². The van der Waals surface area contributed by atoms with Crippen molar-refractivity contribution in [3.05, 3.63) is 69.6 Å². The third-order valence-electron chi connectivity index (χ3n) is 4.97. The molecule has 0 aliphatic carbocycles. The fourth-order valence-electron chi connectivity index (χ4n) is 3.45. The monoisotopic (exact) mass is 478 g/mol. The second kappa shape index (κ2) is 8.31. The fraction of sp³-hybridized carbons (Fsp3) is 0.286. The highest BCUT2D eigenvalue weighted by Gasteiger charge is 2.30. The molecule has 0 spiro atoms. The van der Waals surface area contributed by atoms with Gasteiger partial charge in [-0.2, -0.15) is 13.2 Å². The molecule has 0 radical (unpaired) electrons. The topological polar surface area (TPSA) is 51.1 Å². The largest absolute Gasteiger partial charge is 0.481 e. The number of pyridine rings is 1. The molecular weight excluding hydrogens is 461 g/mol. The van der Waals surface area contributed by atoms with Crippen LogP contribution in [0.4, 0.5) is 13.2 Å². The summed E-state index contributed by atoms with van der Waals surface area (Å²) in [7, 11) is 1.59. The number of benzene rings is 1. The second-order valence-electron chi connectivity index (χ2n) is 7.02. The average Bonchev–Trinajstić information content (AvgIpc) is 2.73. The van der Waals surface area contributed by atoms with Gasteiger partial charge >= 0.3 is 6.18 Å². The normalized spacial score (nSPS) is 14.4. The van der Waals surface area contributed by atoms with Gasteiger partial charge in [-0.15, -0.1) is 0 Å². The van der Waals surface area contributed by atoms with Crippen LogP contribution in [-0.4, -0.2) is 33.5 Å². The molecular formula is C21H18BrF3N4O. The van der Waals surface area contributed by atoms with Crippen LogP contribution in [0.1, 0.15) is 22.4 Å². The number of alkyl halides is 3. The van der Waals surface area contributed by atoms with Crippen molar-refractivity contribution in [2.45, 2.75) is 25.7 Å². The zero-order valence-electron chi connectivity index (χ0n) is 16.1.